The van der Waals surface area contributed by atoms with Crippen LogP contribution >= 0.6 is 23.4 Å². The number of nitrogens with one attached hydrogen (secondary N) is 1. The number of rotatable bonds is 6. The molecule has 0 saturated heterocycles. The van der Waals surface area contributed by atoms with Gasteiger partial charge in [-0.2, -0.15) is 16.9 Å². The van der Waals surface area contributed by atoms with Crippen LogP contribution in [0.3, 0.4) is 0 Å². The fraction of sp³-hybridized carbons (Fsp3) is 0.500. The minimum atomic E-state index is -1.07. The van der Waals surface area contributed by atoms with Crippen molar-refractivity contribution in [2.24, 2.45) is 7.05 Å². The van der Waals surface area contributed by atoms with Gasteiger partial charge in [-0.15, -0.1) is 0 Å². The van der Waals surface area contributed by atoms with Crippen LogP contribution in [-0.2, 0) is 11.8 Å². The van der Waals surface area contributed by atoms with Crippen LogP contribution in [0.25, 0.3) is 0 Å². The lowest BCUT2D eigenvalue weighted by Gasteiger charge is -2.12. The summed E-state index contributed by atoms with van der Waals surface area (Å²) in [4.78, 5) is 22.8. The van der Waals surface area contributed by atoms with E-state index in [1.807, 2.05) is 6.26 Å². The van der Waals surface area contributed by atoms with E-state index in [1.54, 1.807) is 7.05 Å². The second-order valence-corrected chi connectivity index (χ2v) is 5.04. The Morgan fingerprint density at radius 1 is 1.67 bits per heavy atom. The summed E-state index contributed by atoms with van der Waals surface area (Å²) in [7, 11) is 1.63. The van der Waals surface area contributed by atoms with Crippen LogP contribution in [0.15, 0.2) is 6.20 Å². The molecule has 0 unspecified atom stereocenters. The van der Waals surface area contributed by atoms with Crippen LogP contribution in [0.1, 0.15) is 16.9 Å². The van der Waals surface area contributed by atoms with Gasteiger partial charge in [0.15, 0.2) is 5.69 Å². The number of hydrogen-bond donors (Lipinski definition) is 2. The summed E-state index contributed by atoms with van der Waals surface area (Å²) >= 11 is 7.33. The summed E-state index contributed by atoms with van der Waals surface area (Å²) in [6.45, 7) is 0. The highest BCUT2D eigenvalue weighted by Crippen LogP contribution is 2.13. The van der Waals surface area contributed by atoms with Gasteiger partial charge in [-0.1, -0.05) is 11.6 Å². The Labute approximate surface area is 114 Å². The fourth-order valence-corrected chi connectivity index (χ4v) is 2.07. The summed E-state index contributed by atoms with van der Waals surface area (Å²) in [5.74, 6) is -0.994. The van der Waals surface area contributed by atoms with Gasteiger partial charge in [0, 0.05) is 13.2 Å². The molecule has 1 aromatic heterocycles. The number of halogens is 1. The average Bonchev–Trinajstić information content (AvgIpc) is 2.63. The number of carbonyl (C=O) groups excluding carboxylic acids is 1. The number of carboxylic acids is 1. The third-order valence-corrected chi connectivity index (χ3v) is 3.13. The summed E-state index contributed by atoms with van der Waals surface area (Å²) < 4.78 is 1.40. The van der Waals surface area contributed by atoms with Gasteiger partial charge in [-0.25, -0.2) is 4.79 Å². The summed E-state index contributed by atoms with van der Waals surface area (Å²) in [5.41, 5.74) is 0.0366. The molecule has 1 aromatic rings. The molecule has 0 aromatic carbocycles. The van der Waals surface area contributed by atoms with Crippen LogP contribution in [-0.4, -0.2) is 44.8 Å². The molecule has 0 saturated carbocycles. The molecule has 0 spiro atoms. The number of aromatic nitrogens is 2. The van der Waals surface area contributed by atoms with E-state index in [4.69, 9.17) is 16.7 Å². The van der Waals surface area contributed by atoms with Crippen molar-refractivity contribution in [3.05, 3.63) is 16.9 Å². The molecule has 2 N–H and O–H groups in total. The largest absolute Gasteiger partial charge is 0.480 e. The maximum absolute atomic E-state index is 11.8. The third kappa shape index (κ3) is 3.92. The third-order valence-electron chi connectivity index (χ3n) is 2.21. The lowest BCUT2D eigenvalue weighted by Crippen LogP contribution is -2.41. The zero-order valence-electron chi connectivity index (χ0n) is 10.0. The van der Waals surface area contributed by atoms with Gasteiger partial charge in [0.25, 0.3) is 5.91 Å². The van der Waals surface area contributed by atoms with Crippen molar-refractivity contribution >= 4 is 35.2 Å². The van der Waals surface area contributed by atoms with Gasteiger partial charge >= 0.3 is 5.97 Å². The summed E-state index contributed by atoms with van der Waals surface area (Å²) in [6.07, 6.45) is 3.71. The molecule has 1 rings (SSSR count). The normalized spacial score (nSPS) is 12.2. The number of carbonyl (C=O) groups is 2. The van der Waals surface area contributed by atoms with Crippen molar-refractivity contribution in [1.82, 2.24) is 15.1 Å². The molecule has 0 bridgehead atoms. The number of aryl methyl sites for hydroxylation is 1. The molecule has 18 heavy (non-hydrogen) atoms. The number of hydrogen-bond acceptors (Lipinski definition) is 4. The number of nitrogens with zero attached hydrogens (tertiary/aromatic N) is 2. The zero-order valence-corrected chi connectivity index (χ0v) is 11.6. The van der Waals surface area contributed by atoms with E-state index < -0.39 is 17.9 Å². The van der Waals surface area contributed by atoms with Crippen molar-refractivity contribution in [1.29, 1.82) is 0 Å². The molecule has 6 nitrogen and oxygen atoms in total. The van der Waals surface area contributed by atoms with E-state index >= 15 is 0 Å². The van der Waals surface area contributed by atoms with Gasteiger partial charge in [0.1, 0.15) is 6.04 Å². The minimum absolute atomic E-state index is 0.0366. The molecule has 8 heteroatoms. The molecular weight excluding hydrogens is 278 g/mol. The van der Waals surface area contributed by atoms with E-state index in [0.717, 1.165) is 0 Å². The Hall–Kier alpha value is -1.21. The Balaban J connectivity index is 2.72. The summed E-state index contributed by atoms with van der Waals surface area (Å²) in [6, 6.07) is -0.928. The minimum Gasteiger partial charge on any atom is -0.480 e. The van der Waals surface area contributed by atoms with Crippen LogP contribution in [0.2, 0.25) is 5.02 Å². The van der Waals surface area contributed by atoms with Crippen LogP contribution in [0.5, 0.6) is 0 Å². The first kappa shape index (κ1) is 14.8. The Morgan fingerprint density at radius 2 is 2.33 bits per heavy atom. The lowest BCUT2D eigenvalue weighted by atomic mass is 10.2. The average molecular weight is 292 g/mol. The van der Waals surface area contributed by atoms with Gasteiger partial charge in [0.05, 0.1) is 5.02 Å². The van der Waals surface area contributed by atoms with Crippen LogP contribution < -0.4 is 5.32 Å². The van der Waals surface area contributed by atoms with E-state index in [0.29, 0.717) is 12.2 Å². The molecule has 0 radical (unpaired) electrons. The highest BCUT2D eigenvalue weighted by atomic mass is 35.5. The standard InChI is InChI=1S/C10H14ClN3O3S/c1-14-5-6(11)8(13-14)9(15)12-7(10(16)17)3-4-18-2/h5,7H,3-4H2,1-2H3,(H,12,15)(H,16,17)/t7-/m0/s1. The van der Waals surface area contributed by atoms with Crippen molar-refractivity contribution in [3.63, 3.8) is 0 Å². The monoisotopic (exact) mass is 291 g/mol. The highest BCUT2D eigenvalue weighted by Gasteiger charge is 2.23. The zero-order chi connectivity index (χ0) is 13.7. The molecular formula is C10H14ClN3O3S. The molecule has 1 atom stereocenters. The van der Waals surface area contributed by atoms with Crippen molar-refractivity contribution in [3.8, 4) is 0 Å². The molecule has 0 aliphatic rings. The molecule has 0 aliphatic carbocycles. The van der Waals surface area contributed by atoms with Crippen LogP contribution in [0, 0.1) is 0 Å². The fourth-order valence-electron chi connectivity index (χ4n) is 1.33. The maximum atomic E-state index is 11.8. The first-order chi connectivity index (χ1) is 8.45. The first-order valence-electron chi connectivity index (χ1n) is 5.17. The maximum Gasteiger partial charge on any atom is 0.326 e. The summed E-state index contributed by atoms with van der Waals surface area (Å²) in [5, 5.41) is 15.5. The van der Waals surface area contributed by atoms with E-state index in [1.165, 1.54) is 22.6 Å². The molecule has 100 valence electrons. The van der Waals surface area contributed by atoms with E-state index in [2.05, 4.69) is 10.4 Å². The molecule has 0 fully saturated rings. The quantitative estimate of drug-likeness (QED) is 0.817. The van der Waals surface area contributed by atoms with E-state index in [9.17, 15) is 9.59 Å². The van der Waals surface area contributed by atoms with Crippen molar-refractivity contribution in [2.75, 3.05) is 12.0 Å². The van der Waals surface area contributed by atoms with Gasteiger partial charge in [-0.3, -0.25) is 9.48 Å². The predicted octanol–water partition coefficient (Wildman–Crippen LogP) is 1.01. The second kappa shape index (κ2) is 6.65. The Kier molecular flexibility index (Phi) is 5.49. The second-order valence-electron chi connectivity index (χ2n) is 3.65. The van der Waals surface area contributed by atoms with Gasteiger partial charge in [-0.05, 0) is 18.4 Å². The molecule has 1 heterocycles. The van der Waals surface area contributed by atoms with Crippen molar-refractivity contribution < 1.29 is 14.7 Å². The number of aliphatic carboxylic acids is 1. The SMILES string of the molecule is CSCC[C@H](NC(=O)c1nn(C)cc1Cl)C(=O)O. The Morgan fingerprint density at radius 3 is 2.78 bits per heavy atom. The first-order valence-corrected chi connectivity index (χ1v) is 6.94. The molecule has 1 amide bonds. The highest BCUT2D eigenvalue weighted by molar-refractivity contribution is 7.98. The smallest absolute Gasteiger partial charge is 0.326 e. The van der Waals surface area contributed by atoms with Crippen molar-refractivity contribution in [2.45, 2.75) is 12.5 Å². The Bertz CT molecular complexity index is 450. The number of carboxylic acid groups (broad SMARTS) is 1. The number of amides is 1. The lowest BCUT2D eigenvalue weighted by molar-refractivity contribution is -0.139. The predicted molar refractivity (Wildman–Crippen MR) is 70.1 cm³/mol. The van der Waals surface area contributed by atoms with Gasteiger partial charge < -0.3 is 10.4 Å². The topological polar surface area (TPSA) is 84.2 Å². The molecule has 0 aliphatic heterocycles. The van der Waals surface area contributed by atoms with Gasteiger partial charge in [0.2, 0.25) is 0 Å². The van der Waals surface area contributed by atoms with E-state index in [-0.39, 0.29) is 10.7 Å². The van der Waals surface area contributed by atoms with Crippen LogP contribution in [0.4, 0.5) is 0 Å². The number of thioether (sulfide) groups is 1.